The van der Waals surface area contributed by atoms with Crippen molar-refractivity contribution in [1.29, 1.82) is 0 Å². The number of carbonyl (C=O) groups is 2. The molecule has 226 valence electrons. The number of carbonyl (C=O) groups excluding carboxylic acids is 2. The van der Waals surface area contributed by atoms with Gasteiger partial charge in [0.05, 0.1) is 15.6 Å². The van der Waals surface area contributed by atoms with Crippen LogP contribution in [0, 0.1) is 6.92 Å². The summed E-state index contributed by atoms with van der Waals surface area (Å²) in [7, 11) is -4.32. The smallest absolute Gasteiger partial charge is 0.264 e. The van der Waals surface area contributed by atoms with Gasteiger partial charge in [-0.1, -0.05) is 77.1 Å². The summed E-state index contributed by atoms with van der Waals surface area (Å²) in [6, 6.07) is 14.5. The lowest BCUT2D eigenvalue weighted by Crippen LogP contribution is -2.55. The third-order valence-corrected chi connectivity index (χ3v) is 9.38. The maximum atomic E-state index is 14.2. The highest BCUT2D eigenvalue weighted by Crippen LogP contribution is 2.34. The van der Waals surface area contributed by atoms with Crippen molar-refractivity contribution in [2.24, 2.45) is 0 Å². The highest BCUT2D eigenvalue weighted by molar-refractivity contribution is 7.92. The van der Waals surface area contributed by atoms with E-state index in [2.05, 4.69) is 5.32 Å². The highest BCUT2D eigenvalue weighted by atomic mass is 35.5. The molecule has 3 aromatic carbocycles. The number of sulfonamides is 1. The molecule has 0 aliphatic carbocycles. The molecule has 0 bridgehead atoms. The van der Waals surface area contributed by atoms with Crippen LogP contribution in [0.25, 0.3) is 0 Å². The van der Waals surface area contributed by atoms with Gasteiger partial charge in [-0.25, -0.2) is 8.42 Å². The summed E-state index contributed by atoms with van der Waals surface area (Å²) < 4.78 is 29.0. The molecule has 0 saturated heterocycles. The summed E-state index contributed by atoms with van der Waals surface area (Å²) in [5.41, 5.74) is 0.706. The SMILES string of the molecule is CC[C@H](C(=O)NC(C)(C)C)N(Cc1c(Cl)cccc1Cl)C(=O)CN(c1cc(Cl)ccc1Cl)S(=O)(=O)c1ccc(C)cc1. The Morgan fingerprint density at radius 3 is 2.05 bits per heavy atom. The molecular weight excluding hydrogens is 640 g/mol. The van der Waals surface area contributed by atoms with Crippen LogP contribution in [0.3, 0.4) is 0 Å². The maximum Gasteiger partial charge on any atom is 0.264 e. The van der Waals surface area contributed by atoms with Crippen LogP contribution in [-0.4, -0.2) is 43.3 Å². The number of nitrogens with zero attached hydrogens (tertiary/aromatic N) is 2. The normalized spacial score (nSPS) is 12.5. The van der Waals surface area contributed by atoms with Crippen molar-refractivity contribution < 1.29 is 18.0 Å². The Bertz CT molecular complexity index is 1540. The predicted molar refractivity (Wildman–Crippen MR) is 171 cm³/mol. The lowest BCUT2D eigenvalue weighted by molar-refractivity contribution is -0.141. The average molecular weight is 673 g/mol. The predicted octanol–water partition coefficient (Wildman–Crippen LogP) is 7.53. The molecular formula is C30H33Cl4N3O4S. The first-order valence-corrected chi connectivity index (χ1v) is 16.1. The van der Waals surface area contributed by atoms with Crippen LogP contribution in [0.1, 0.15) is 45.2 Å². The molecule has 3 rings (SSSR count). The lowest BCUT2D eigenvalue weighted by Gasteiger charge is -2.35. The van der Waals surface area contributed by atoms with E-state index in [9.17, 15) is 18.0 Å². The van der Waals surface area contributed by atoms with E-state index in [4.69, 9.17) is 46.4 Å². The van der Waals surface area contributed by atoms with Crippen molar-refractivity contribution in [2.45, 2.75) is 64.1 Å². The van der Waals surface area contributed by atoms with Gasteiger partial charge < -0.3 is 10.2 Å². The summed E-state index contributed by atoms with van der Waals surface area (Å²) in [5.74, 6) is -1.08. The number of hydrogen-bond acceptors (Lipinski definition) is 4. The number of rotatable bonds is 10. The molecule has 0 aromatic heterocycles. The number of amides is 2. The Hall–Kier alpha value is -2.49. The van der Waals surface area contributed by atoms with Crippen LogP contribution in [0.5, 0.6) is 0 Å². The number of benzene rings is 3. The van der Waals surface area contributed by atoms with E-state index in [1.807, 2.05) is 27.7 Å². The third kappa shape index (κ3) is 8.32. The van der Waals surface area contributed by atoms with Crippen molar-refractivity contribution in [3.63, 3.8) is 0 Å². The first-order valence-electron chi connectivity index (χ1n) is 13.1. The summed E-state index contributed by atoms with van der Waals surface area (Å²) in [5, 5.41) is 3.81. The van der Waals surface area contributed by atoms with Gasteiger partial charge in [-0.3, -0.25) is 13.9 Å². The number of halogens is 4. The van der Waals surface area contributed by atoms with E-state index in [0.717, 1.165) is 9.87 Å². The van der Waals surface area contributed by atoms with E-state index in [-0.39, 0.29) is 33.6 Å². The average Bonchev–Trinajstić information content (AvgIpc) is 2.89. The molecule has 0 saturated carbocycles. The number of hydrogen-bond donors (Lipinski definition) is 1. The van der Waals surface area contributed by atoms with Crippen molar-refractivity contribution >= 4 is 73.9 Å². The van der Waals surface area contributed by atoms with Crippen LogP contribution < -0.4 is 9.62 Å². The minimum atomic E-state index is -4.32. The zero-order valence-corrected chi connectivity index (χ0v) is 27.8. The molecule has 0 unspecified atom stereocenters. The van der Waals surface area contributed by atoms with E-state index in [1.165, 1.54) is 35.2 Å². The van der Waals surface area contributed by atoms with E-state index < -0.39 is 40.0 Å². The van der Waals surface area contributed by atoms with Gasteiger partial charge in [0.25, 0.3) is 10.0 Å². The Kier molecular flexibility index (Phi) is 11.2. The molecule has 1 atom stereocenters. The minimum absolute atomic E-state index is 0.0148. The minimum Gasteiger partial charge on any atom is -0.350 e. The molecule has 0 fully saturated rings. The van der Waals surface area contributed by atoms with Gasteiger partial charge in [0.1, 0.15) is 12.6 Å². The molecule has 1 N–H and O–H groups in total. The molecule has 7 nitrogen and oxygen atoms in total. The van der Waals surface area contributed by atoms with Crippen LogP contribution in [-0.2, 0) is 26.2 Å². The molecule has 2 amide bonds. The topological polar surface area (TPSA) is 86.8 Å². The summed E-state index contributed by atoms with van der Waals surface area (Å²) in [4.78, 5) is 28.9. The maximum absolute atomic E-state index is 14.2. The second kappa shape index (κ2) is 13.9. The molecule has 42 heavy (non-hydrogen) atoms. The second-order valence-corrected chi connectivity index (χ2v) is 14.3. The number of anilines is 1. The molecule has 0 spiro atoms. The molecule has 3 aromatic rings. The molecule has 0 aliphatic rings. The van der Waals surface area contributed by atoms with E-state index in [1.54, 1.807) is 37.3 Å². The van der Waals surface area contributed by atoms with Crippen LogP contribution >= 0.6 is 46.4 Å². The van der Waals surface area contributed by atoms with E-state index in [0.29, 0.717) is 15.6 Å². The van der Waals surface area contributed by atoms with Crippen LogP contribution in [0.2, 0.25) is 20.1 Å². The van der Waals surface area contributed by atoms with Crippen LogP contribution in [0.15, 0.2) is 65.6 Å². The largest absolute Gasteiger partial charge is 0.350 e. The van der Waals surface area contributed by atoms with Gasteiger partial charge in [0, 0.05) is 32.7 Å². The molecule has 12 heteroatoms. The summed E-state index contributed by atoms with van der Waals surface area (Å²) in [6.07, 6.45) is 0.234. The number of aryl methyl sites for hydroxylation is 1. The van der Waals surface area contributed by atoms with Crippen molar-refractivity contribution in [3.05, 3.63) is 91.9 Å². The Morgan fingerprint density at radius 2 is 1.50 bits per heavy atom. The fourth-order valence-electron chi connectivity index (χ4n) is 4.25. The fraction of sp³-hybridized carbons (Fsp3) is 0.333. The van der Waals surface area contributed by atoms with Gasteiger partial charge in [-0.15, -0.1) is 0 Å². The lowest BCUT2D eigenvalue weighted by atomic mass is 10.1. The van der Waals surface area contributed by atoms with E-state index >= 15 is 0 Å². The van der Waals surface area contributed by atoms with Gasteiger partial charge in [0.15, 0.2) is 0 Å². The Balaban J connectivity index is 2.16. The number of nitrogens with one attached hydrogen (secondary N) is 1. The molecule has 0 aliphatic heterocycles. The molecule has 0 heterocycles. The quantitative estimate of drug-likeness (QED) is 0.241. The molecule has 0 radical (unpaired) electrons. The first-order chi connectivity index (χ1) is 19.5. The van der Waals surface area contributed by atoms with Crippen molar-refractivity contribution in [3.8, 4) is 0 Å². The van der Waals surface area contributed by atoms with Crippen molar-refractivity contribution in [1.82, 2.24) is 10.2 Å². The van der Waals surface area contributed by atoms with Gasteiger partial charge in [-0.05, 0) is 76.6 Å². The zero-order valence-electron chi connectivity index (χ0n) is 23.9. The standard InChI is InChI=1S/C30H33Cl4N3O4S/c1-6-26(29(39)35-30(3,4)5)36(17-22-23(32)8-7-9-24(22)33)28(38)18-37(27-16-20(31)12-15-25(27)34)42(40,41)21-13-10-19(2)11-14-21/h7-16,26H,6,17-18H2,1-5H3,(H,35,39)/t26-/m1/s1. The zero-order chi connectivity index (χ0) is 31.4. The summed E-state index contributed by atoms with van der Waals surface area (Å²) in [6.45, 7) is 8.24. The van der Waals surface area contributed by atoms with Crippen molar-refractivity contribution in [2.75, 3.05) is 10.8 Å². The van der Waals surface area contributed by atoms with Crippen LogP contribution in [0.4, 0.5) is 5.69 Å². The highest BCUT2D eigenvalue weighted by Gasteiger charge is 2.35. The second-order valence-electron chi connectivity index (χ2n) is 10.8. The Morgan fingerprint density at radius 1 is 0.905 bits per heavy atom. The van der Waals surface area contributed by atoms with Gasteiger partial charge in [0.2, 0.25) is 11.8 Å². The Labute approximate surface area is 267 Å². The summed E-state index contributed by atoms with van der Waals surface area (Å²) >= 11 is 25.6. The monoisotopic (exact) mass is 671 g/mol. The first kappa shape index (κ1) is 34.0. The third-order valence-electron chi connectivity index (χ3n) is 6.34. The van der Waals surface area contributed by atoms with Gasteiger partial charge in [-0.2, -0.15) is 0 Å². The fourth-order valence-corrected chi connectivity index (χ4v) is 6.63. The van der Waals surface area contributed by atoms with Gasteiger partial charge >= 0.3 is 0 Å².